The molecule has 2 amide bonds. The van der Waals surface area contributed by atoms with Crippen molar-refractivity contribution < 1.29 is 18.7 Å². The van der Waals surface area contributed by atoms with Crippen molar-refractivity contribution in [2.45, 2.75) is 25.9 Å². The van der Waals surface area contributed by atoms with Gasteiger partial charge in [-0.05, 0) is 47.5 Å². The summed E-state index contributed by atoms with van der Waals surface area (Å²) in [4.78, 5) is 29.6. The molecule has 7 nitrogen and oxygen atoms in total. The first-order valence-electron chi connectivity index (χ1n) is 11.5. The van der Waals surface area contributed by atoms with Gasteiger partial charge in [-0.2, -0.15) is 0 Å². The summed E-state index contributed by atoms with van der Waals surface area (Å²) < 4.78 is 20.6. The van der Waals surface area contributed by atoms with Gasteiger partial charge in [0.05, 0.1) is 32.4 Å². The number of rotatable bonds is 9. The van der Waals surface area contributed by atoms with Crippen LogP contribution in [0.1, 0.15) is 30.5 Å². The van der Waals surface area contributed by atoms with Crippen molar-refractivity contribution in [1.82, 2.24) is 14.9 Å². The number of aromatic nitrogens is 2. The molecule has 0 spiro atoms. The van der Waals surface area contributed by atoms with Gasteiger partial charge in [-0.25, -0.2) is 9.37 Å². The van der Waals surface area contributed by atoms with Gasteiger partial charge in [0, 0.05) is 12.5 Å². The largest absolute Gasteiger partial charge is 0.497 e. The van der Waals surface area contributed by atoms with Crippen molar-refractivity contribution in [1.29, 1.82) is 0 Å². The van der Waals surface area contributed by atoms with Crippen molar-refractivity contribution >= 4 is 17.6 Å². The zero-order chi connectivity index (χ0) is 25.5. The summed E-state index contributed by atoms with van der Waals surface area (Å²) in [6, 6.07) is 22.4. The maximum atomic E-state index is 13.5. The fraction of sp³-hybridized carbons (Fsp3) is 0.179. The predicted octanol–water partition coefficient (Wildman–Crippen LogP) is 4.95. The highest BCUT2D eigenvalue weighted by molar-refractivity contribution is 5.94. The maximum absolute atomic E-state index is 13.5. The van der Waals surface area contributed by atoms with E-state index in [4.69, 9.17) is 4.74 Å². The molecule has 1 unspecified atom stereocenters. The molecular formula is C28H27FN4O3. The van der Waals surface area contributed by atoms with E-state index in [0.29, 0.717) is 29.4 Å². The average molecular weight is 487 g/mol. The van der Waals surface area contributed by atoms with Crippen LogP contribution in [0.5, 0.6) is 5.75 Å². The summed E-state index contributed by atoms with van der Waals surface area (Å²) in [5.41, 5.74) is 3.01. The minimum Gasteiger partial charge on any atom is -0.497 e. The lowest BCUT2D eigenvalue weighted by Crippen LogP contribution is -2.30. The molecular weight excluding hydrogens is 459 g/mol. The second-order valence-electron chi connectivity index (χ2n) is 8.34. The quantitative estimate of drug-likeness (QED) is 0.351. The third kappa shape index (κ3) is 6.15. The van der Waals surface area contributed by atoms with Gasteiger partial charge in [0.25, 0.3) is 0 Å². The number of imidazole rings is 1. The lowest BCUT2D eigenvalue weighted by molar-refractivity contribution is -0.120. The van der Waals surface area contributed by atoms with E-state index in [9.17, 15) is 14.0 Å². The number of ether oxygens (including phenoxy) is 1. The monoisotopic (exact) mass is 486 g/mol. The second-order valence-corrected chi connectivity index (χ2v) is 8.34. The molecule has 0 saturated carbocycles. The topological polar surface area (TPSA) is 85.2 Å². The SMILES string of the molecule is COc1ccc(C(CC(=O)Nc2c(-c3ccc(F)cc3)ncn2Cc2ccccc2)NC(C)=O)cc1. The molecule has 4 rings (SSSR count). The molecule has 0 fully saturated rings. The van der Waals surface area contributed by atoms with Gasteiger partial charge in [-0.15, -0.1) is 0 Å². The number of anilines is 1. The highest BCUT2D eigenvalue weighted by Gasteiger charge is 2.21. The van der Waals surface area contributed by atoms with Crippen LogP contribution >= 0.6 is 0 Å². The molecule has 4 aromatic rings. The van der Waals surface area contributed by atoms with Crippen molar-refractivity contribution in [3.63, 3.8) is 0 Å². The fourth-order valence-corrected chi connectivity index (χ4v) is 3.93. The number of carbonyl (C=O) groups excluding carboxylic acids is 2. The molecule has 0 radical (unpaired) electrons. The Hall–Kier alpha value is -4.46. The van der Waals surface area contributed by atoms with Gasteiger partial charge in [-0.3, -0.25) is 9.59 Å². The minimum atomic E-state index is -0.534. The molecule has 0 aliphatic rings. The van der Waals surface area contributed by atoms with Crippen LogP contribution in [-0.2, 0) is 16.1 Å². The smallest absolute Gasteiger partial charge is 0.227 e. The summed E-state index contributed by atoms with van der Waals surface area (Å²) in [5, 5.41) is 5.83. The molecule has 1 heterocycles. The Morgan fingerprint density at radius 2 is 1.69 bits per heavy atom. The molecule has 0 aliphatic heterocycles. The van der Waals surface area contributed by atoms with Gasteiger partial charge in [0.15, 0.2) is 0 Å². The van der Waals surface area contributed by atoms with Crippen LogP contribution in [0.4, 0.5) is 10.2 Å². The van der Waals surface area contributed by atoms with Crippen molar-refractivity contribution in [3.05, 3.63) is 102 Å². The van der Waals surface area contributed by atoms with Crippen LogP contribution in [0.15, 0.2) is 85.2 Å². The Kier molecular flexibility index (Phi) is 7.75. The van der Waals surface area contributed by atoms with E-state index in [1.807, 2.05) is 47.0 Å². The summed E-state index contributed by atoms with van der Waals surface area (Å²) in [7, 11) is 1.57. The van der Waals surface area contributed by atoms with E-state index in [-0.39, 0.29) is 24.1 Å². The molecule has 0 bridgehead atoms. The van der Waals surface area contributed by atoms with Gasteiger partial charge in [-0.1, -0.05) is 42.5 Å². The van der Waals surface area contributed by atoms with Crippen LogP contribution < -0.4 is 15.4 Å². The molecule has 0 aliphatic carbocycles. The first kappa shape index (κ1) is 24.7. The number of amides is 2. The van der Waals surface area contributed by atoms with Crippen LogP contribution in [0.3, 0.4) is 0 Å². The molecule has 2 N–H and O–H groups in total. The lowest BCUT2D eigenvalue weighted by atomic mass is 10.0. The molecule has 1 atom stereocenters. The fourth-order valence-electron chi connectivity index (χ4n) is 3.93. The number of methoxy groups -OCH3 is 1. The van der Waals surface area contributed by atoms with E-state index in [0.717, 1.165) is 11.1 Å². The molecule has 184 valence electrons. The number of hydrogen-bond donors (Lipinski definition) is 2. The van der Waals surface area contributed by atoms with E-state index in [1.165, 1.54) is 19.1 Å². The van der Waals surface area contributed by atoms with E-state index in [2.05, 4.69) is 15.6 Å². The minimum absolute atomic E-state index is 0.00524. The molecule has 36 heavy (non-hydrogen) atoms. The second kappa shape index (κ2) is 11.3. The zero-order valence-electron chi connectivity index (χ0n) is 20.1. The maximum Gasteiger partial charge on any atom is 0.227 e. The summed E-state index contributed by atoms with van der Waals surface area (Å²) in [5.74, 6) is 0.267. The number of halogens is 1. The normalized spacial score (nSPS) is 11.5. The zero-order valence-corrected chi connectivity index (χ0v) is 20.1. The highest BCUT2D eigenvalue weighted by atomic mass is 19.1. The summed E-state index contributed by atoms with van der Waals surface area (Å²) in [6.45, 7) is 1.90. The number of carbonyl (C=O) groups is 2. The molecule has 1 aromatic heterocycles. The Balaban J connectivity index is 1.61. The number of hydrogen-bond acceptors (Lipinski definition) is 4. The standard InChI is InChI=1S/C28H27FN4O3/c1-19(34)31-25(21-10-14-24(36-2)15-11-21)16-26(35)32-28-27(22-8-12-23(29)13-9-22)30-18-33(28)17-20-6-4-3-5-7-20/h3-15,18,25H,16-17H2,1-2H3,(H,31,34)(H,32,35). The van der Waals surface area contributed by atoms with Crippen molar-refractivity contribution in [2.24, 2.45) is 0 Å². The average Bonchev–Trinajstić information content (AvgIpc) is 3.26. The van der Waals surface area contributed by atoms with Crippen LogP contribution in [0.25, 0.3) is 11.3 Å². The molecule has 3 aromatic carbocycles. The summed E-state index contributed by atoms with van der Waals surface area (Å²) in [6.07, 6.45) is 1.65. The van der Waals surface area contributed by atoms with Crippen LogP contribution in [0, 0.1) is 5.82 Å². The Morgan fingerprint density at radius 3 is 2.33 bits per heavy atom. The predicted molar refractivity (Wildman–Crippen MR) is 136 cm³/mol. The van der Waals surface area contributed by atoms with E-state index >= 15 is 0 Å². The van der Waals surface area contributed by atoms with Gasteiger partial charge in [0.1, 0.15) is 23.1 Å². The Bertz CT molecular complexity index is 1320. The third-order valence-electron chi connectivity index (χ3n) is 5.69. The highest BCUT2D eigenvalue weighted by Crippen LogP contribution is 2.29. The molecule has 8 heteroatoms. The Morgan fingerprint density at radius 1 is 1.00 bits per heavy atom. The molecule has 0 saturated heterocycles. The first-order chi connectivity index (χ1) is 17.4. The van der Waals surface area contributed by atoms with E-state index in [1.54, 1.807) is 37.7 Å². The van der Waals surface area contributed by atoms with Gasteiger partial charge >= 0.3 is 0 Å². The number of nitrogens with one attached hydrogen (secondary N) is 2. The van der Waals surface area contributed by atoms with Crippen LogP contribution in [0.2, 0.25) is 0 Å². The Labute approximate surface area is 208 Å². The van der Waals surface area contributed by atoms with Crippen molar-refractivity contribution in [3.8, 4) is 17.0 Å². The van der Waals surface area contributed by atoms with Gasteiger partial charge < -0.3 is 19.9 Å². The first-order valence-corrected chi connectivity index (χ1v) is 11.5. The number of benzene rings is 3. The van der Waals surface area contributed by atoms with Crippen molar-refractivity contribution in [2.75, 3.05) is 12.4 Å². The van der Waals surface area contributed by atoms with Gasteiger partial charge in [0.2, 0.25) is 11.8 Å². The third-order valence-corrected chi connectivity index (χ3v) is 5.69. The van der Waals surface area contributed by atoms with E-state index < -0.39 is 6.04 Å². The number of nitrogens with zero attached hydrogens (tertiary/aromatic N) is 2. The van der Waals surface area contributed by atoms with Crippen LogP contribution in [-0.4, -0.2) is 28.5 Å². The lowest BCUT2D eigenvalue weighted by Gasteiger charge is -2.19. The summed E-state index contributed by atoms with van der Waals surface area (Å²) >= 11 is 0.